The van der Waals surface area contributed by atoms with Gasteiger partial charge in [0.1, 0.15) is 0 Å². The number of hydrogen-bond acceptors (Lipinski definition) is 3. The van der Waals surface area contributed by atoms with Crippen LogP contribution in [0.5, 0.6) is 0 Å². The normalized spacial score (nSPS) is 39.6. The zero-order valence-electron chi connectivity index (χ0n) is 12.1. The van der Waals surface area contributed by atoms with Gasteiger partial charge in [-0.2, -0.15) is 0 Å². The SMILES string of the molecule is CC(C)(C)c1ncc(CNC2C3C4CCC(C4)C23)s1. The number of thiazole rings is 1. The predicted molar refractivity (Wildman–Crippen MR) is 79.3 cm³/mol. The first-order chi connectivity index (χ1) is 9.04. The third kappa shape index (κ3) is 1.97. The van der Waals surface area contributed by atoms with Gasteiger partial charge < -0.3 is 5.32 Å². The largest absolute Gasteiger partial charge is 0.308 e. The molecule has 4 rings (SSSR count). The summed E-state index contributed by atoms with van der Waals surface area (Å²) in [7, 11) is 0. The lowest BCUT2D eigenvalue weighted by Crippen LogP contribution is -2.22. The van der Waals surface area contributed by atoms with E-state index in [0.717, 1.165) is 36.3 Å². The summed E-state index contributed by atoms with van der Waals surface area (Å²) in [6, 6.07) is 0.839. The second-order valence-corrected chi connectivity index (χ2v) is 8.89. The van der Waals surface area contributed by atoms with Gasteiger partial charge in [-0.3, -0.25) is 0 Å². The lowest BCUT2D eigenvalue weighted by molar-refractivity contribution is 0.456. The van der Waals surface area contributed by atoms with Crippen LogP contribution in [0.3, 0.4) is 0 Å². The van der Waals surface area contributed by atoms with Crippen LogP contribution in [0.2, 0.25) is 0 Å². The number of hydrogen-bond donors (Lipinski definition) is 1. The minimum atomic E-state index is 0.193. The fourth-order valence-electron chi connectivity index (χ4n) is 4.55. The Kier molecular flexibility index (Phi) is 2.63. The molecule has 4 unspecified atom stereocenters. The Balaban J connectivity index is 1.35. The molecule has 0 spiro atoms. The minimum absolute atomic E-state index is 0.193. The molecule has 3 fully saturated rings. The maximum atomic E-state index is 4.58. The smallest absolute Gasteiger partial charge is 0.0981 e. The Morgan fingerprint density at radius 1 is 1.26 bits per heavy atom. The molecule has 0 saturated heterocycles. The van der Waals surface area contributed by atoms with Gasteiger partial charge in [-0.15, -0.1) is 11.3 Å². The van der Waals surface area contributed by atoms with E-state index in [-0.39, 0.29) is 5.41 Å². The topological polar surface area (TPSA) is 24.9 Å². The van der Waals surface area contributed by atoms with E-state index in [1.165, 1.54) is 22.7 Å². The van der Waals surface area contributed by atoms with Crippen molar-refractivity contribution in [3.8, 4) is 0 Å². The summed E-state index contributed by atoms with van der Waals surface area (Å²) in [5.74, 6) is 4.21. The van der Waals surface area contributed by atoms with Crippen molar-refractivity contribution >= 4 is 11.3 Å². The van der Waals surface area contributed by atoms with E-state index in [4.69, 9.17) is 0 Å². The molecule has 4 atom stereocenters. The molecule has 0 amide bonds. The zero-order valence-corrected chi connectivity index (χ0v) is 13.0. The van der Waals surface area contributed by atoms with Crippen LogP contribution in [0.25, 0.3) is 0 Å². The van der Waals surface area contributed by atoms with Crippen LogP contribution in [0.4, 0.5) is 0 Å². The predicted octanol–water partition coefficient (Wildman–Crippen LogP) is 3.57. The number of nitrogens with one attached hydrogen (secondary N) is 1. The molecule has 0 aliphatic heterocycles. The molecule has 1 aromatic rings. The van der Waals surface area contributed by atoms with Gasteiger partial charge in [0, 0.05) is 29.1 Å². The fraction of sp³-hybridized carbons (Fsp3) is 0.812. The molecule has 3 heteroatoms. The van der Waals surface area contributed by atoms with E-state index in [1.54, 1.807) is 6.42 Å². The quantitative estimate of drug-likeness (QED) is 0.913. The van der Waals surface area contributed by atoms with Gasteiger partial charge in [-0.05, 0) is 42.9 Å². The van der Waals surface area contributed by atoms with Gasteiger partial charge >= 0.3 is 0 Å². The molecule has 3 aliphatic rings. The van der Waals surface area contributed by atoms with Gasteiger partial charge in [0.25, 0.3) is 0 Å². The molecule has 0 radical (unpaired) electrons. The van der Waals surface area contributed by atoms with E-state index in [2.05, 4.69) is 37.3 Å². The van der Waals surface area contributed by atoms with E-state index in [0.29, 0.717) is 0 Å². The highest BCUT2D eigenvalue weighted by molar-refractivity contribution is 7.11. The Hall–Kier alpha value is -0.410. The van der Waals surface area contributed by atoms with Crippen molar-refractivity contribution < 1.29 is 0 Å². The van der Waals surface area contributed by atoms with Gasteiger partial charge in [-0.1, -0.05) is 20.8 Å². The van der Waals surface area contributed by atoms with Crippen molar-refractivity contribution in [2.45, 2.75) is 58.0 Å². The van der Waals surface area contributed by atoms with E-state index in [9.17, 15) is 0 Å². The van der Waals surface area contributed by atoms with E-state index >= 15 is 0 Å². The van der Waals surface area contributed by atoms with E-state index in [1.807, 2.05) is 11.3 Å². The molecule has 2 bridgehead atoms. The van der Waals surface area contributed by atoms with Crippen molar-refractivity contribution in [3.05, 3.63) is 16.1 Å². The molecular formula is C16H24N2S. The highest BCUT2D eigenvalue weighted by Gasteiger charge is 2.64. The second-order valence-electron chi connectivity index (χ2n) is 7.78. The highest BCUT2D eigenvalue weighted by Crippen LogP contribution is 2.65. The molecule has 1 N–H and O–H groups in total. The van der Waals surface area contributed by atoms with Crippen LogP contribution >= 0.6 is 11.3 Å². The Labute approximate surface area is 120 Å². The van der Waals surface area contributed by atoms with Crippen molar-refractivity contribution in [1.29, 1.82) is 0 Å². The monoisotopic (exact) mass is 276 g/mol. The Bertz CT molecular complexity index is 471. The summed E-state index contributed by atoms with van der Waals surface area (Å²) >= 11 is 1.88. The lowest BCUT2D eigenvalue weighted by Gasteiger charge is -2.13. The number of fused-ring (bicyclic) bond motifs is 5. The lowest BCUT2D eigenvalue weighted by atomic mass is 9.98. The van der Waals surface area contributed by atoms with Crippen LogP contribution in [0, 0.1) is 23.7 Å². The van der Waals surface area contributed by atoms with Crippen LogP contribution in [-0.4, -0.2) is 11.0 Å². The first-order valence-electron chi connectivity index (χ1n) is 7.72. The summed E-state index contributed by atoms with van der Waals surface area (Å²) in [5, 5.41) is 5.08. The maximum Gasteiger partial charge on any atom is 0.0981 e. The molecule has 3 saturated carbocycles. The molecule has 1 heterocycles. The van der Waals surface area contributed by atoms with Crippen molar-refractivity contribution in [1.82, 2.24) is 10.3 Å². The van der Waals surface area contributed by atoms with Crippen LogP contribution in [0.15, 0.2) is 6.20 Å². The molecule has 2 nitrogen and oxygen atoms in total. The molecular weight excluding hydrogens is 252 g/mol. The van der Waals surface area contributed by atoms with Crippen molar-refractivity contribution in [2.75, 3.05) is 0 Å². The average molecular weight is 276 g/mol. The third-order valence-corrected chi connectivity index (χ3v) is 6.87. The van der Waals surface area contributed by atoms with Gasteiger partial charge in [0.2, 0.25) is 0 Å². The zero-order chi connectivity index (χ0) is 13.2. The highest BCUT2D eigenvalue weighted by atomic mass is 32.1. The third-order valence-electron chi connectivity index (χ3n) is 5.44. The Morgan fingerprint density at radius 3 is 2.53 bits per heavy atom. The summed E-state index contributed by atoms with van der Waals surface area (Å²) < 4.78 is 0. The van der Waals surface area contributed by atoms with Gasteiger partial charge in [0.05, 0.1) is 5.01 Å². The van der Waals surface area contributed by atoms with Gasteiger partial charge in [0.15, 0.2) is 0 Å². The summed E-state index contributed by atoms with van der Waals surface area (Å²) in [6.07, 6.45) is 6.64. The summed E-state index contributed by atoms with van der Waals surface area (Å²) in [4.78, 5) is 5.98. The molecule has 0 aromatic carbocycles. The fourth-order valence-corrected chi connectivity index (χ4v) is 5.47. The second kappa shape index (κ2) is 4.05. The first kappa shape index (κ1) is 12.3. The Morgan fingerprint density at radius 2 is 1.95 bits per heavy atom. The van der Waals surface area contributed by atoms with Crippen LogP contribution in [0.1, 0.15) is 49.9 Å². The first-order valence-corrected chi connectivity index (χ1v) is 8.54. The molecule has 3 aliphatic carbocycles. The maximum absolute atomic E-state index is 4.58. The molecule has 104 valence electrons. The standard InChI is InChI=1S/C16H24N2S/c1-16(2,3)15-18-8-11(19-15)7-17-14-12-9-4-5-10(6-9)13(12)14/h8-10,12-14,17H,4-7H2,1-3H3. The minimum Gasteiger partial charge on any atom is -0.308 e. The number of nitrogens with zero attached hydrogens (tertiary/aromatic N) is 1. The van der Waals surface area contributed by atoms with Crippen molar-refractivity contribution in [3.63, 3.8) is 0 Å². The number of aromatic nitrogens is 1. The van der Waals surface area contributed by atoms with E-state index < -0.39 is 0 Å². The molecule has 1 aromatic heterocycles. The average Bonchev–Trinajstić information content (AvgIpc) is 2.80. The van der Waals surface area contributed by atoms with Crippen molar-refractivity contribution in [2.24, 2.45) is 23.7 Å². The number of rotatable bonds is 3. The van der Waals surface area contributed by atoms with Gasteiger partial charge in [-0.25, -0.2) is 4.98 Å². The summed E-state index contributed by atoms with van der Waals surface area (Å²) in [5.41, 5.74) is 0.193. The molecule has 19 heavy (non-hydrogen) atoms. The summed E-state index contributed by atoms with van der Waals surface area (Å²) in [6.45, 7) is 7.76. The van der Waals surface area contributed by atoms with Crippen LogP contribution in [-0.2, 0) is 12.0 Å². The van der Waals surface area contributed by atoms with Crippen LogP contribution < -0.4 is 5.32 Å².